The van der Waals surface area contributed by atoms with Gasteiger partial charge in [0.2, 0.25) is 5.91 Å². The Morgan fingerprint density at radius 2 is 1.79 bits per heavy atom. The first kappa shape index (κ1) is 22.0. The summed E-state index contributed by atoms with van der Waals surface area (Å²) >= 11 is 0. The third kappa shape index (κ3) is 4.69. The van der Waals surface area contributed by atoms with Crippen molar-refractivity contribution in [1.29, 1.82) is 0 Å². The van der Waals surface area contributed by atoms with E-state index < -0.39 is 29.9 Å². The van der Waals surface area contributed by atoms with E-state index in [1.54, 1.807) is 24.3 Å². The monoisotopic (exact) mass is 444 g/mol. The molecule has 8 nitrogen and oxygen atoms in total. The van der Waals surface area contributed by atoms with E-state index in [9.17, 15) is 14.4 Å². The lowest BCUT2D eigenvalue weighted by Gasteiger charge is -2.43. The van der Waals surface area contributed by atoms with Gasteiger partial charge in [-0.2, -0.15) is 0 Å². The van der Waals surface area contributed by atoms with Crippen LogP contribution in [0.3, 0.4) is 0 Å². The molecule has 168 valence electrons. The molecule has 1 aromatic heterocycles. The zero-order valence-corrected chi connectivity index (χ0v) is 18.1. The number of nitrogens with two attached hydrogens (primary N) is 1. The predicted octanol–water partition coefficient (Wildman–Crippen LogP) is 3.03. The van der Waals surface area contributed by atoms with Crippen molar-refractivity contribution in [3.05, 3.63) is 89.6 Å². The van der Waals surface area contributed by atoms with Crippen molar-refractivity contribution >= 4 is 29.4 Å². The van der Waals surface area contributed by atoms with E-state index in [0.717, 1.165) is 21.6 Å². The summed E-state index contributed by atoms with van der Waals surface area (Å²) in [5, 5.41) is 2.79. The number of amides is 3. The minimum Gasteiger partial charge on any atom is -0.467 e. The second kappa shape index (κ2) is 9.52. The zero-order chi connectivity index (χ0) is 23.4. The number of ether oxygens (including phenoxy) is 1. The van der Waals surface area contributed by atoms with Crippen LogP contribution in [0.15, 0.2) is 72.9 Å². The molecule has 1 aliphatic rings. The largest absolute Gasteiger partial charge is 0.467 e. The van der Waals surface area contributed by atoms with Crippen molar-refractivity contribution in [2.75, 3.05) is 18.2 Å². The normalized spacial score (nSPS) is 17.2. The number of benzene rings is 2. The number of methoxy groups -OCH3 is 1. The van der Waals surface area contributed by atoms with Gasteiger partial charge in [-0.3, -0.25) is 4.79 Å². The topological polar surface area (TPSA) is 115 Å². The molecule has 4 rings (SSSR count). The fourth-order valence-corrected chi connectivity index (χ4v) is 4.03. The molecule has 8 heteroatoms. The number of carbonyl (C=O) groups excluding carboxylic acids is 3. The van der Waals surface area contributed by atoms with Gasteiger partial charge in [0, 0.05) is 11.9 Å². The highest BCUT2D eigenvalue weighted by Crippen LogP contribution is 2.32. The van der Waals surface area contributed by atoms with E-state index in [0.29, 0.717) is 17.9 Å². The first-order valence-electron chi connectivity index (χ1n) is 10.5. The van der Waals surface area contributed by atoms with Gasteiger partial charge in [0.1, 0.15) is 5.82 Å². The van der Waals surface area contributed by atoms with Gasteiger partial charge < -0.3 is 15.8 Å². The lowest BCUT2D eigenvalue weighted by molar-refractivity contribution is -0.167. The van der Waals surface area contributed by atoms with E-state index in [4.69, 9.17) is 10.5 Å². The van der Waals surface area contributed by atoms with E-state index in [1.165, 1.54) is 13.3 Å². The number of esters is 1. The lowest BCUT2D eigenvalue weighted by atomic mass is 9.82. The number of nitrogens with zero attached hydrogens (tertiary/aromatic N) is 2. The molecule has 3 amide bonds. The summed E-state index contributed by atoms with van der Waals surface area (Å²) in [4.78, 5) is 43.3. The van der Waals surface area contributed by atoms with Crippen LogP contribution in [-0.2, 0) is 27.2 Å². The molecule has 1 aliphatic heterocycles. The molecule has 0 aliphatic carbocycles. The summed E-state index contributed by atoms with van der Waals surface area (Å²) in [6.07, 6.45) is 2.40. The summed E-state index contributed by atoms with van der Waals surface area (Å²) in [5.74, 6) is -1.49. The smallest absolute Gasteiger partial charge is 0.329 e. The second-order valence-corrected chi connectivity index (χ2v) is 7.83. The highest BCUT2D eigenvalue weighted by molar-refractivity contribution is 6.11. The molecular weight excluding hydrogens is 420 g/mol. The molecular formula is C25H24N4O4. The Bertz CT molecular complexity index is 1180. The second-order valence-electron chi connectivity index (χ2n) is 7.83. The standard InChI is InChI=1S/C25H24N4O4/c1-33-24(31)22-19(14-17-11-12-27-21(26)15-17)23(30)29(22)25(32)28-20-10-6-5-9-18(20)13-16-7-3-2-4-8-16/h2-12,15,19,22H,13-14H2,1H3,(H2,26,27)(H,28,32)/t19?,22-/m0/s1. The number of pyridine rings is 1. The number of likely N-dealkylation sites (tertiary alicyclic amines) is 1. The highest BCUT2D eigenvalue weighted by Gasteiger charge is 2.55. The van der Waals surface area contributed by atoms with Gasteiger partial charge in [-0.15, -0.1) is 0 Å². The van der Waals surface area contributed by atoms with Crippen molar-refractivity contribution in [2.45, 2.75) is 18.9 Å². The molecule has 2 heterocycles. The number of carbonyl (C=O) groups is 3. The predicted molar refractivity (Wildman–Crippen MR) is 123 cm³/mol. The number of para-hydroxylation sites is 1. The van der Waals surface area contributed by atoms with Gasteiger partial charge in [0.15, 0.2) is 6.04 Å². The summed E-state index contributed by atoms with van der Waals surface area (Å²) in [5.41, 5.74) is 9.03. The van der Waals surface area contributed by atoms with E-state index >= 15 is 0 Å². The maximum atomic E-state index is 13.0. The number of aromatic nitrogens is 1. The number of hydrogen-bond donors (Lipinski definition) is 2. The Hall–Kier alpha value is -4.20. The molecule has 0 radical (unpaired) electrons. The highest BCUT2D eigenvalue weighted by atomic mass is 16.5. The van der Waals surface area contributed by atoms with Gasteiger partial charge in [0.25, 0.3) is 0 Å². The number of nitrogens with one attached hydrogen (secondary N) is 1. The number of imide groups is 1. The summed E-state index contributed by atoms with van der Waals surface area (Å²) in [6, 6.07) is 18.9. The minimum absolute atomic E-state index is 0.250. The molecule has 1 fully saturated rings. The molecule has 1 unspecified atom stereocenters. The van der Waals surface area contributed by atoms with Crippen LogP contribution in [0.1, 0.15) is 16.7 Å². The molecule has 2 atom stereocenters. The van der Waals surface area contributed by atoms with Crippen LogP contribution in [-0.4, -0.2) is 40.9 Å². The van der Waals surface area contributed by atoms with Crippen molar-refractivity contribution < 1.29 is 19.1 Å². The molecule has 1 saturated heterocycles. The Morgan fingerprint density at radius 1 is 1.06 bits per heavy atom. The molecule has 3 N–H and O–H groups in total. The third-order valence-corrected chi connectivity index (χ3v) is 5.67. The quantitative estimate of drug-likeness (QED) is 0.446. The average molecular weight is 444 g/mol. The minimum atomic E-state index is -1.02. The first-order valence-corrected chi connectivity index (χ1v) is 10.5. The molecule has 0 spiro atoms. The average Bonchev–Trinajstić information content (AvgIpc) is 2.82. The van der Waals surface area contributed by atoms with Gasteiger partial charge >= 0.3 is 12.0 Å². The van der Waals surface area contributed by atoms with E-state index in [-0.39, 0.29) is 6.42 Å². The third-order valence-electron chi connectivity index (χ3n) is 5.67. The first-order chi connectivity index (χ1) is 16.0. The van der Waals surface area contributed by atoms with Crippen LogP contribution in [0, 0.1) is 5.92 Å². The Morgan fingerprint density at radius 3 is 2.52 bits per heavy atom. The van der Waals surface area contributed by atoms with Crippen molar-refractivity contribution in [2.24, 2.45) is 5.92 Å². The van der Waals surface area contributed by atoms with E-state index in [1.807, 2.05) is 42.5 Å². The summed E-state index contributed by atoms with van der Waals surface area (Å²) in [6.45, 7) is 0. The Kier molecular flexibility index (Phi) is 6.35. The molecule has 33 heavy (non-hydrogen) atoms. The van der Waals surface area contributed by atoms with E-state index in [2.05, 4.69) is 10.3 Å². The van der Waals surface area contributed by atoms with Crippen LogP contribution in [0.5, 0.6) is 0 Å². The van der Waals surface area contributed by atoms with Crippen molar-refractivity contribution in [3.63, 3.8) is 0 Å². The SMILES string of the molecule is COC(=O)[C@@H]1C(Cc2ccnc(N)c2)C(=O)N1C(=O)Nc1ccccc1Cc1ccccc1. The molecule has 3 aromatic rings. The maximum absolute atomic E-state index is 13.0. The van der Waals surface area contributed by atoms with Crippen molar-refractivity contribution in [3.8, 4) is 0 Å². The zero-order valence-electron chi connectivity index (χ0n) is 18.1. The van der Waals surface area contributed by atoms with Gasteiger partial charge in [-0.1, -0.05) is 48.5 Å². The summed E-state index contributed by atoms with van der Waals surface area (Å²) in [7, 11) is 1.23. The van der Waals surface area contributed by atoms with Gasteiger partial charge in [-0.25, -0.2) is 19.5 Å². The number of β-lactam (4-membered cyclic amide) rings is 1. The fraction of sp³-hybridized carbons (Fsp3) is 0.200. The number of rotatable bonds is 6. The molecule has 0 bridgehead atoms. The van der Waals surface area contributed by atoms with Crippen LogP contribution in [0.2, 0.25) is 0 Å². The number of hydrogen-bond acceptors (Lipinski definition) is 6. The van der Waals surface area contributed by atoms with Crippen LogP contribution in [0.25, 0.3) is 0 Å². The van der Waals surface area contributed by atoms with Gasteiger partial charge in [-0.05, 0) is 47.7 Å². The van der Waals surface area contributed by atoms with Crippen LogP contribution >= 0.6 is 0 Å². The summed E-state index contributed by atoms with van der Waals surface area (Å²) < 4.78 is 4.88. The van der Waals surface area contributed by atoms with Crippen LogP contribution in [0.4, 0.5) is 16.3 Å². The van der Waals surface area contributed by atoms with Crippen molar-refractivity contribution in [1.82, 2.24) is 9.88 Å². The lowest BCUT2D eigenvalue weighted by Crippen LogP contribution is -2.67. The van der Waals surface area contributed by atoms with Crippen LogP contribution < -0.4 is 11.1 Å². The number of urea groups is 1. The van der Waals surface area contributed by atoms with Gasteiger partial charge in [0.05, 0.1) is 13.0 Å². The molecule has 2 aromatic carbocycles. The molecule has 0 saturated carbocycles. The Labute approximate surface area is 191 Å². The number of nitrogen functional groups attached to an aromatic ring is 1. The Balaban J connectivity index is 1.52. The fourth-order valence-electron chi connectivity index (χ4n) is 4.03. The maximum Gasteiger partial charge on any atom is 0.329 e. The number of anilines is 2.